The van der Waals surface area contributed by atoms with Gasteiger partial charge in [0.05, 0.1) is 0 Å². The van der Waals surface area contributed by atoms with Crippen molar-refractivity contribution in [2.45, 2.75) is 52.6 Å². The smallest absolute Gasteiger partial charge is 0.176 e. The summed E-state index contributed by atoms with van der Waals surface area (Å²) in [4.78, 5) is 2.42. The van der Waals surface area contributed by atoms with Crippen LogP contribution in [0.5, 0.6) is 0 Å². The monoisotopic (exact) mass is 197 g/mol. The van der Waals surface area contributed by atoms with E-state index < -0.39 is 0 Å². The van der Waals surface area contributed by atoms with Crippen LogP contribution >= 0.6 is 0 Å². The Bertz CT molecular complexity index is 172. The first-order chi connectivity index (χ1) is 6.74. The third-order valence-electron chi connectivity index (χ3n) is 2.45. The molecule has 0 aliphatic carbocycles. The van der Waals surface area contributed by atoms with Crippen LogP contribution in [0.1, 0.15) is 40.5 Å². The van der Waals surface area contributed by atoms with Gasteiger partial charge in [0.2, 0.25) is 0 Å². The molecule has 0 aromatic rings. The van der Waals surface area contributed by atoms with Crippen LogP contribution in [0.2, 0.25) is 0 Å². The highest BCUT2D eigenvalue weighted by atomic mass is 15.2. The number of nitrogens with zero attached hydrogens (tertiary/aromatic N) is 2. The summed E-state index contributed by atoms with van der Waals surface area (Å²) in [5.41, 5.74) is 0. The van der Waals surface area contributed by atoms with Gasteiger partial charge in [-0.05, 0) is 33.2 Å². The molecule has 3 nitrogen and oxygen atoms in total. The number of hydrogen-bond acceptors (Lipinski definition) is 3. The zero-order chi connectivity index (χ0) is 11.0. The fraction of sp³-hybridized carbons (Fsp3) is 0.909. The average Bonchev–Trinajstić information content (AvgIpc) is 2.22. The predicted molar refractivity (Wildman–Crippen MR) is 59.8 cm³/mol. The van der Waals surface area contributed by atoms with Crippen LogP contribution < -0.4 is 5.32 Å². The van der Waals surface area contributed by atoms with Gasteiger partial charge in [0.15, 0.2) is 6.19 Å². The highest BCUT2D eigenvalue weighted by molar-refractivity contribution is 4.84. The molecule has 1 N–H and O–H groups in total. The molecule has 1 aliphatic rings. The maximum atomic E-state index is 8.46. The van der Waals surface area contributed by atoms with E-state index in [4.69, 9.17) is 5.26 Å². The fourth-order valence-corrected chi connectivity index (χ4v) is 1.68. The minimum atomic E-state index is 0.381. The molecule has 1 rings (SSSR count). The second-order valence-electron chi connectivity index (χ2n) is 3.68. The molecule has 1 fully saturated rings. The Labute approximate surface area is 88.1 Å². The standard InChI is InChI=1S/C9H17N3.C2H6/c1-8(2)12-5-3-4-9(6-12)11-7-10;1-2/h8-9,11H,3-6H2,1-2H3;1-2H3. The molecule has 1 aliphatic heterocycles. The van der Waals surface area contributed by atoms with Crippen LogP contribution in [0.15, 0.2) is 0 Å². The third-order valence-corrected chi connectivity index (χ3v) is 2.45. The summed E-state index contributed by atoms with van der Waals surface area (Å²) >= 11 is 0. The maximum Gasteiger partial charge on any atom is 0.176 e. The zero-order valence-corrected chi connectivity index (χ0v) is 9.88. The lowest BCUT2D eigenvalue weighted by molar-refractivity contribution is 0.161. The summed E-state index contributed by atoms with van der Waals surface area (Å²) in [5, 5.41) is 11.3. The van der Waals surface area contributed by atoms with Crippen LogP contribution in [0.25, 0.3) is 0 Å². The summed E-state index contributed by atoms with van der Waals surface area (Å²) in [6, 6.07) is 0.986. The lowest BCUT2D eigenvalue weighted by Crippen LogP contribution is -2.46. The van der Waals surface area contributed by atoms with Gasteiger partial charge in [-0.2, -0.15) is 5.26 Å². The predicted octanol–water partition coefficient (Wildman–Crippen LogP) is 1.96. The van der Waals surface area contributed by atoms with Crippen LogP contribution in [0, 0.1) is 11.5 Å². The number of likely N-dealkylation sites (tertiary alicyclic amines) is 1. The fourth-order valence-electron chi connectivity index (χ4n) is 1.68. The molecule has 0 amide bonds. The van der Waals surface area contributed by atoms with Gasteiger partial charge in [-0.1, -0.05) is 13.8 Å². The first-order valence-corrected chi connectivity index (χ1v) is 5.62. The van der Waals surface area contributed by atoms with Gasteiger partial charge in [-0.15, -0.1) is 0 Å². The molecular formula is C11H23N3. The highest BCUT2D eigenvalue weighted by Crippen LogP contribution is 2.12. The number of piperidine rings is 1. The van der Waals surface area contributed by atoms with Gasteiger partial charge in [0.25, 0.3) is 0 Å². The minimum absolute atomic E-state index is 0.381. The average molecular weight is 197 g/mol. The van der Waals surface area contributed by atoms with Crippen molar-refractivity contribution >= 4 is 0 Å². The van der Waals surface area contributed by atoms with Crippen molar-refractivity contribution < 1.29 is 0 Å². The highest BCUT2D eigenvalue weighted by Gasteiger charge is 2.20. The largest absolute Gasteiger partial charge is 0.319 e. The van der Waals surface area contributed by atoms with Gasteiger partial charge >= 0.3 is 0 Å². The van der Waals surface area contributed by atoms with Crippen LogP contribution in [0.4, 0.5) is 0 Å². The minimum Gasteiger partial charge on any atom is -0.319 e. The van der Waals surface area contributed by atoms with E-state index in [1.807, 2.05) is 20.0 Å². The molecule has 0 saturated carbocycles. The van der Waals surface area contributed by atoms with Gasteiger partial charge in [-0.25, -0.2) is 0 Å². The van der Waals surface area contributed by atoms with Gasteiger partial charge in [0, 0.05) is 18.6 Å². The van der Waals surface area contributed by atoms with Gasteiger partial charge in [0.1, 0.15) is 0 Å². The molecule has 1 unspecified atom stereocenters. The second kappa shape index (κ2) is 7.64. The summed E-state index contributed by atoms with van der Waals surface area (Å²) in [7, 11) is 0. The molecule has 0 aromatic heterocycles. The topological polar surface area (TPSA) is 39.1 Å². The van der Waals surface area contributed by atoms with Crippen LogP contribution in [-0.4, -0.2) is 30.1 Å². The van der Waals surface area contributed by atoms with E-state index in [0.29, 0.717) is 12.1 Å². The number of nitrogens with one attached hydrogen (secondary N) is 1. The lowest BCUT2D eigenvalue weighted by Gasteiger charge is -2.34. The quantitative estimate of drug-likeness (QED) is 0.543. The van der Waals surface area contributed by atoms with Crippen molar-refractivity contribution in [2.75, 3.05) is 13.1 Å². The van der Waals surface area contributed by atoms with E-state index in [2.05, 4.69) is 24.1 Å². The van der Waals surface area contributed by atoms with Gasteiger partial charge < -0.3 is 5.32 Å². The molecule has 0 spiro atoms. The Hall–Kier alpha value is -0.750. The van der Waals surface area contributed by atoms with Crippen molar-refractivity contribution in [3.63, 3.8) is 0 Å². The Kier molecular flexibility index (Phi) is 7.23. The third kappa shape index (κ3) is 4.48. The van der Waals surface area contributed by atoms with Crippen molar-refractivity contribution in [3.05, 3.63) is 0 Å². The zero-order valence-electron chi connectivity index (χ0n) is 9.88. The molecule has 82 valence electrons. The van der Waals surface area contributed by atoms with Crippen molar-refractivity contribution in [3.8, 4) is 6.19 Å². The van der Waals surface area contributed by atoms with Crippen molar-refractivity contribution in [1.82, 2.24) is 10.2 Å². The van der Waals surface area contributed by atoms with E-state index in [1.54, 1.807) is 0 Å². The van der Waals surface area contributed by atoms with E-state index in [1.165, 1.54) is 13.0 Å². The first kappa shape index (κ1) is 13.2. The van der Waals surface area contributed by atoms with Crippen LogP contribution in [-0.2, 0) is 0 Å². The molecular weight excluding hydrogens is 174 g/mol. The van der Waals surface area contributed by atoms with E-state index in [9.17, 15) is 0 Å². The first-order valence-electron chi connectivity index (χ1n) is 5.62. The molecule has 1 atom stereocenters. The van der Waals surface area contributed by atoms with Crippen molar-refractivity contribution in [1.29, 1.82) is 5.26 Å². The number of rotatable bonds is 2. The molecule has 1 saturated heterocycles. The molecule has 0 aromatic carbocycles. The summed E-state index contributed by atoms with van der Waals surface area (Å²) in [6.45, 7) is 10.6. The molecule has 0 bridgehead atoms. The molecule has 0 radical (unpaired) electrons. The van der Waals surface area contributed by atoms with E-state index in [0.717, 1.165) is 13.0 Å². The molecule has 3 heteroatoms. The van der Waals surface area contributed by atoms with Gasteiger partial charge in [-0.3, -0.25) is 4.90 Å². The Morgan fingerprint density at radius 1 is 1.43 bits per heavy atom. The number of hydrogen-bond donors (Lipinski definition) is 1. The Morgan fingerprint density at radius 2 is 2.07 bits per heavy atom. The van der Waals surface area contributed by atoms with Crippen molar-refractivity contribution in [2.24, 2.45) is 0 Å². The summed E-state index contributed by atoms with van der Waals surface area (Å²) < 4.78 is 0. The second-order valence-corrected chi connectivity index (χ2v) is 3.68. The SMILES string of the molecule is CC.CC(C)N1CCCC(NC#N)C1. The Balaban J connectivity index is 0.000000791. The molecule has 1 heterocycles. The van der Waals surface area contributed by atoms with E-state index >= 15 is 0 Å². The summed E-state index contributed by atoms with van der Waals surface area (Å²) in [5.74, 6) is 0. The lowest BCUT2D eigenvalue weighted by atomic mass is 10.0. The van der Waals surface area contributed by atoms with Crippen LogP contribution in [0.3, 0.4) is 0 Å². The Morgan fingerprint density at radius 3 is 2.57 bits per heavy atom. The maximum absolute atomic E-state index is 8.46. The normalized spacial score (nSPS) is 22.1. The number of nitriles is 1. The molecule has 14 heavy (non-hydrogen) atoms. The summed E-state index contributed by atoms with van der Waals surface area (Å²) in [6.07, 6.45) is 4.36. The van der Waals surface area contributed by atoms with E-state index in [-0.39, 0.29) is 0 Å².